The van der Waals surface area contributed by atoms with Crippen molar-refractivity contribution in [2.75, 3.05) is 52.7 Å². The molecule has 2 aliphatic rings. The van der Waals surface area contributed by atoms with Crippen molar-refractivity contribution in [3.8, 4) is 0 Å². The lowest BCUT2D eigenvalue weighted by Gasteiger charge is -2.31. The molecule has 0 N–H and O–H groups in total. The van der Waals surface area contributed by atoms with E-state index in [-0.39, 0.29) is 17.3 Å². The Kier molecular flexibility index (Phi) is 8.70. The van der Waals surface area contributed by atoms with Gasteiger partial charge in [0.25, 0.3) is 0 Å². The number of sulfonamides is 2. The average molecular weight is 550 g/mol. The number of nitrogens with zero attached hydrogens (tertiary/aromatic N) is 3. The van der Waals surface area contributed by atoms with Gasteiger partial charge in [0.05, 0.1) is 30.3 Å². The summed E-state index contributed by atoms with van der Waals surface area (Å²) in [4.78, 5) is 15.5. The molecule has 0 saturated carbocycles. The van der Waals surface area contributed by atoms with E-state index in [9.17, 15) is 21.6 Å². The monoisotopic (exact) mass is 549 g/mol. The molecular weight excluding hydrogens is 514 g/mol. The predicted molar refractivity (Wildman–Crippen MR) is 141 cm³/mol. The number of amides is 1. The zero-order valence-corrected chi connectivity index (χ0v) is 23.0. The molecule has 2 aliphatic heterocycles. The van der Waals surface area contributed by atoms with Crippen LogP contribution >= 0.6 is 0 Å². The predicted octanol–water partition coefficient (Wildman–Crippen LogP) is 1.92. The lowest BCUT2D eigenvalue weighted by atomic mass is 9.90. The maximum absolute atomic E-state index is 13.5. The molecule has 2 aromatic carbocycles. The summed E-state index contributed by atoms with van der Waals surface area (Å²) in [5.41, 5.74) is 1.79. The Morgan fingerprint density at radius 2 is 1.65 bits per heavy atom. The van der Waals surface area contributed by atoms with Gasteiger partial charge in [0.15, 0.2) is 0 Å². The molecule has 1 amide bonds. The molecule has 11 heteroatoms. The Labute approximate surface area is 220 Å². The van der Waals surface area contributed by atoms with Crippen molar-refractivity contribution in [3.05, 3.63) is 65.7 Å². The second kappa shape index (κ2) is 11.6. The number of likely N-dealkylation sites (N-methyl/N-ethyl adjacent to an activating group) is 1. The minimum atomic E-state index is -3.82. The van der Waals surface area contributed by atoms with E-state index in [0.29, 0.717) is 52.1 Å². The third-order valence-corrected chi connectivity index (χ3v) is 10.4. The summed E-state index contributed by atoms with van der Waals surface area (Å²) >= 11 is 0. The number of hydrogen-bond donors (Lipinski definition) is 0. The summed E-state index contributed by atoms with van der Waals surface area (Å²) in [7, 11) is -5.77. The molecule has 202 valence electrons. The maximum atomic E-state index is 13.5. The highest BCUT2D eigenvalue weighted by atomic mass is 32.2. The Morgan fingerprint density at radius 3 is 2.27 bits per heavy atom. The van der Waals surface area contributed by atoms with E-state index in [4.69, 9.17) is 4.74 Å². The van der Waals surface area contributed by atoms with E-state index in [1.165, 1.54) is 15.7 Å². The van der Waals surface area contributed by atoms with Crippen molar-refractivity contribution >= 4 is 26.0 Å². The average Bonchev–Trinajstić information content (AvgIpc) is 3.37. The molecular formula is C26H35N3O6S2. The van der Waals surface area contributed by atoms with Crippen LogP contribution in [0, 0.1) is 0 Å². The van der Waals surface area contributed by atoms with Crippen LogP contribution in [0.15, 0.2) is 59.5 Å². The van der Waals surface area contributed by atoms with Gasteiger partial charge >= 0.3 is 0 Å². The number of rotatable bonds is 9. The van der Waals surface area contributed by atoms with Crippen LogP contribution in [0.1, 0.15) is 29.9 Å². The highest BCUT2D eigenvalue weighted by molar-refractivity contribution is 7.89. The molecule has 0 radical (unpaired) electrons. The van der Waals surface area contributed by atoms with Gasteiger partial charge in [-0.05, 0) is 42.5 Å². The fraction of sp³-hybridized carbons (Fsp3) is 0.500. The van der Waals surface area contributed by atoms with E-state index in [2.05, 4.69) is 0 Å². The van der Waals surface area contributed by atoms with E-state index in [1.54, 1.807) is 24.3 Å². The quantitative estimate of drug-likeness (QED) is 0.473. The molecule has 0 bridgehead atoms. The summed E-state index contributed by atoms with van der Waals surface area (Å²) < 4.78 is 58.7. The smallest absolute Gasteiger partial charge is 0.243 e. The Hall–Kier alpha value is -2.31. The van der Waals surface area contributed by atoms with Crippen molar-refractivity contribution < 1.29 is 26.4 Å². The number of ether oxygens (including phenoxy) is 1. The molecule has 2 saturated heterocycles. The Morgan fingerprint density at radius 1 is 1.00 bits per heavy atom. The van der Waals surface area contributed by atoms with Crippen LogP contribution in [0.2, 0.25) is 0 Å². The summed E-state index contributed by atoms with van der Waals surface area (Å²) in [5, 5.41) is 0. The molecule has 9 nitrogen and oxygen atoms in total. The number of carbonyl (C=O) groups is 1. The highest BCUT2D eigenvalue weighted by Gasteiger charge is 2.37. The SMILES string of the molecule is CN(C[C@H]1CCCN1S(=O)(=O)c1ccc(C(Cc2ccccc2)C(=O)N2CCOCC2)cc1)S(C)(=O)=O. The third-order valence-electron chi connectivity index (χ3n) is 7.15. The lowest BCUT2D eigenvalue weighted by Crippen LogP contribution is -2.43. The largest absolute Gasteiger partial charge is 0.378 e. The molecule has 1 unspecified atom stereocenters. The molecule has 2 fully saturated rings. The molecule has 2 atom stereocenters. The molecule has 0 spiro atoms. The van der Waals surface area contributed by atoms with Crippen molar-refractivity contribution in [2.45, 2.75) is 36.1 Å². The van der Waals surface area contributed by atoms with Crippen LogP contribution in [0.25, 0.3) is 0 Å². The van der Waals surface area contributed by atoms with Crippen LogP contribution in [-0.2, 0) is 36.0 Å². The van der Waals surface area contributed by atoms with Gasteiger partial charge in [-0.1, -0.05) is 42.5 Å². The maximum Gasteiger partial charge on any atom is 0.243 e. The van der Waals surface area contributed by atoms with Gasteiger partial charge in [-0.2, -0.15) is 4.31 Å². The summed E-state index contributed by atoms with van der Waals surface area (Å²) in [5.74, 6) is -0.439. The molecule has 37 heavy (non-hydrogen) atoms. The topological polar surface area (TPSA) is 104 Å². The van der Waals surface area contributed by atoms with E-state index in [0.717, 1.165) is 17.4 Å². The normalized spacial score (nSPS) is 20.3. The van der Waals surface area contributed by atoms with Crippen LogP contribution in [0.3, 0.4) is 0 Å². The molecule has 4 rings (SSSR count). The van der Waals surface area contributed by atoms with E-state index < -0.39 is 32.0 Å². The minimum absolute atomic E-state index is 0.00572. The summed E-state index contributed by atoms with van der Waals surface area (Å²) in [6.45, 7) is 2.55. The summed E-state index contributed by atoms with van der Waals surface area (Å²) in [6, 6.07) is 15.9. The fourth-order valence-electron chi connectivity index (χ4n) is 4.95. The first kappa shape index (κ1) is 27.7. The highest BCUT2D eigenvalue weighted by Crippen LogP contribution is 2.30. The van der Waals surface area contributed by atoms with Crippen LogP contribution in [0.4, 0.5) is 0 Å². The molecule has 0 aromatic heterocycles. The van der Waals surface area contributed by atoms with Gasteiger partial charge in [0.2, 0.25) is 26.0 Å². The van der Waals surface area contributed by atoms with Crippen LogP contribution in [-0.4, -0.2) is 95.0 Å². The van der Waals surface area contributed by atoms with E-state index in [1.807, 2.05) is 35.2 Å². The summed E-state index contributed by atoms with van der Waals surface area (Å²) in [6.07, 6.45) is 2.90. The standard InChI is InChI=1S/C26H35N3O6S2/c1-27(36(2,31)32)20-23-9-6-14-29(23)37(33,34)24-12-10-22(11-13-24)25(19-21-7-4-3-5-8-21)26(30)28-15-17-35-18-16-28/h3-5,7-8,10-13,23,25H,6,9,14-20H2,1-2H3/t23-,25?/m1/s1. The van der Waals surface area contributed by atoms with Gasteiger partial charge < -0.3 is 9.64 Å². The number of carbonyl (C=O) groups excluding carboxylic acids is 1. The molecule has 2 heterocycles. The first-order chi connectivity index (χ1) is 17.6. The van der Waals surface area contributed by atoms with Gasteiger partial charge in [-0.25, -0.2) is 21.1 Å². The Bertz CT molecular complexity index is 1280. The van der Waals surface area contributed by atoms with Crippen molar-refractivity contribution in [1.82, 2.24) is 13.5 Å². The number of hydrogen-bond acceptors (Lipinski definition) is 6. The molecule has 0 aliphatic carbocycles. The first-order valence-corrected chi connectivity index (χ1v) is 15.8. The second-order valence-corrected chi connectivity index (χ2v) is 13.7. The zero-order chi connectivity index (χ0) is 26.6. The third kappa shape index (κ3) is 6.58. The number of morpholine rings is 1. The van der Waals surface area contributed by atoms with Crippen LogP contribution < -0.4 is 0 Å². The number of benzene rings is 2. The van der Waals surface area contributed by atoms with Gasteiger partial charge in [-0.15, -0.1) is 0 Å². The minimum Gasteiger partial charge on any atom is -0.378 e. The molecule has 2 aromatic rings. The fourth-order valence-corrected chi connectivity index (χ4v) is 7.08. The van der Waals surface area contributed by atoms with Gasteiger partial charge in [0, 0.05) is 39.3 Å². The van der Waals surface area contributed by atoms with Crippen molar-refractivity contribution in [2.24, 2.45) is 0 Å². The van der Waals surface area contributed by atoms with Crippen LogP contribution in [0.5, 0.6) is 0 Å². The Balaban J connectivity index is 1.57. The van der Waals surface area contributed by atoms with Gasteiger partial charge in [0.1, 0.15) is 0 Å². The van der Waals surface area contributed by atoms with Gasteiger partial charge in [-0.3, -0.25) is 4.79 Å². The first-order valence-electron chi connectivity index (χ1n) is 12.5. The van der Waals surface area contributed by atoms with E-state index >= 15 is 0 Å². The lowest BCUT2D eigenvalue weighted by molar-refractivity contribution is -0.136. The van der Waals surface area contributed by atoms with Crippen molar-refractivity contribution in [1.29, 1.82) is 0 Å². The second-order valence-electron chi connectivity index (χ2n) is 9.70. The zero-order valence-electron chi connectivity index (χ0n) is 21.3. The van der Waals surface area contributed by atoms with Crippen molar-refractivity contribution in [3.63, 3.8) is 0 Å².